The lowest BCUT2D eigenvalue weighted by Gasteiger charge is -2.14. The van der Waals surface area contributed by atoms with Gasteiger partial charge in [0.25, 0.3) is 5.56 Å². The fraction of sp³-hybridized carbons (Fsp3) is 0.545. The van der Waals surface area contributed by atoms with Crippen molar-refractivity contribution in [2.24, 2.45) is 0 Å². The van der Waals surface area contributed by atoms with Crippen molar-refractivity contribution in [2.75, 3.05) is 0 Å². The first-order valence-electron chi connectivity index (χ1n) is 5.66. The van der Waals surface area contributed by atoms with Crippen LogP contribution in [0.3, 0.4) is 0 Å². The largest absolute Gasteiger partial charge is 0.352 e. The lowest BCUT2D eigenvalue weighted by atomic mass is 10.2. The number of carbonyl (C=O) groups is 1. The summed E-state index contributed by atoms with van der Waals surface area (Å²) in [5, 5.41) is 2.82. The molecule has 94 valence electrons. The maximum Gasteiger partial charge on any atom is 0.328 e. The van der Waals surface area contributed by atoms with Gasteiger partial charge in [-0.25, -0.2) is 4.79 Å². The number of carbonyl (C=O) groups excluding carboxylic acids is 1. The Kier molecular flexibility index (Phi) is 4.68. The van der Waals surface area contributed by atoms with Crippen molar-refractivity contribution in [3.8, 4) is 0 Å². The van der Waals surface area contributed by atoms with Gasteiger partial charge in [-0.15, -0.1) is 0 Å². The molecule has 1 aromatic heterocycles. The number of nitrogens with one attached hydrogen (secondary N) is 2. The van der Waals surface area contributed by atoms with Crippen LogP contribution in [0.1, 0.15) is 26.7 Å². The summed E-state index contributed by atoms with van der Waals surface area (Å²) >= 11 is 0. The van der Waals surface area contributed by atoms with Crippen molar-refractivity contribution in [2.45, 2.75) is 39.3 Å². The van der Waals surface area contributed by atoms with Crippen LogP contribution in [-0.4, -0.2) is 21.5 Å². The van der Waals surface area contributed by atoms with Crippen LogP contribution in [0, 0.1) is 0 Å². The Morgan fingerprint density at radius 3 is 2.59 bits per heavy atom. The van der Waals surface area contributed by atoms with Gasteiger partial charge in [-0.1, -0.05) is 13.8 Å². The van der Waals surface area contributed by atoms with Gasteiger partial charge >= 0.3 is 5.69 Å². The molecule has 0 atom stereocenters. The Morgan fingerprint density at radius 1 is 1.41 bits per heavy atom. The zero-order valence-electron chi connectivity index (χ0n) is 10.0. The van der Waals surface area contributed by atoms with E-state index in [1.54, 1.807) is 0 Å². The molecule has 0 saturated carbocycles. The summed E-state index contributed by atoms with van der Waals surface area (Å²) < 4.78 is 1.17. The van der Waals surface area contributed by atoms with E-state index in [2.05, 4.69) is 10.3 Å². The predicted octanol–water partition coefficient (Wildman–Crippen LogP) is -0.159. The van der Waals surface area contributed by atoms with Crippen LogP contribution in [0.4, 0.5) is 0 Å². The minimum absolute atomic E-state index is 0.0773. The molecular weight excluding hydrogens is 222 g/mol. The van der Waals surface area contributed by atoms with Crippen molar-refractivity contribution in [1.29, 1.82) is 0 Å². The van der Waals surface area contributed by atoms with Crippen molar-refractivity contribution in [1.82, 2.24) is 14.9 Å². The normalized spacial score (nSPS) is 10.5. The number of nitrogens with zero attached hydrogens (tertiary/aromatic N) is 1. The molecule has 6 heteroatoms. The zero-order valence-corrected chi connectivity index (χ0v) is 10.0. The molecule has 0 radical (unpaired) electrons. The molecule has 2 N–H and O–H groups in total. The highest BCUT2D eigenvalue weighted by molar-refractivity contribution is 5.75. The highest BCUT2D eigenvalue weighted by Gasteiger charge is 2.09. The second-order valence-corrected chi connectivity index (χ2v) is 3.82. The first-order valence-corrected chi connectivity index (χ1v) is 5.66. The van der Waals surface area contributed by atoms with Crippen LogP contribution >= 0.6 is 0 Å². The topological polar surface area (TPSA) is 84.0 Å². The molecule has 0 bridgehead atoms. The lowest BCUT2D eigenvalue weighted by molar-refractivity contribution is -0.122. The highest BCUT2D eigenvalue weighted by atomic mass is 16.2. The van der Waals surface area contributed by atoms with Crippen molar-refractivity contribution in [3.05, 3.63) is 33.1 Å². The van der Waals surface area contributed by atoms with Gasteiger partial charge in [-0.2, -0.15) is 0 Å². The van der Waals surface area contributed by atoms with E-state index in [9.17, 15) is 14.4 Å². The average Bonchev–Trinajstić information content (AvgIpc) is 2.29. The van der Waals surface area contributed by atoms with E-state index in [0.717, 1.165) is 12.8 Å². The third-order valence-corrected chi connectivity index (χ3v) is 2.56. The number of H-pyrrole nitrogens is 1. The van der Waals surface area contributed by atoms with Crippen LogP contribution < -0.4 is 16.6 Å². The second-order valence-electron chi connectivity index (χ2n) is 3.82. The van der Waals surface area contributed by atoms with E-state index < -0.39 is 11.2 Å². The molecule has 0 aliphatic heterocycles. The zero-order chi connectivity index (χ0) is 12.8. The van der Waals surface area contributed by atoms with Crippen LogP contribution in [-0.2, 0) is 11.3 Å². The van der Waals surface area contributed by atoms with Gasteiger partial charge in [-0.05, 0) is 12.8 Å². The Hall–Kier alpha value is -1.85. The molecule has 0 saturated heterocycles. The van der Waals surface area contributed by atoms with Gasteiger partial charge in [0.05, 0.1) is 0 Å². The number of aromatic amines is 1. The summed E-state index contributed by atoms with van der Waals surface area (Å²) in [6, 6.07) is 1.34. The summed E-state index contributed by atoms with van der Waals surface area (Å²) in [5.41, 5.74) is -1.04. The summed E-state index contributed by atoms with van der Waals surface area (Å²) in [6.07, 6.45) is 3.01. The van der Waals surface area contributed by atoms with Crippen LogP contribution in [0.15, 0.2) is 21.9 Å². The van der Waals surface area contributed by atoms with E-state index in [0.29, 0.717) is 0 Å². The fourth-order valence-electron chi connectivity index (χ4n) is 1.49. The maximum absolute atomic E-state index is 11.6. The third-order valence-electron chi connectivity index (χ3n) is 2.56. The minimum atomic E-state index is -0.572. The average molecular weight is 239 g/mol. The smallest absolute Gasteiger partial charge is 0.328 e. The van der Waals surface area contributed by atoms with Crippen molar-refractivity contribution < 1.29 is 4.79 Å². The quantitative estimate of drug-likeness (QED) is 0.749. The summed E-state index contributed by atoms with van der Waals surface area (Å²) in [7, 11) is 0. The Labute approximate surface area is 98.7 Å². The van der Waals surface area contributed by atoms with E-state index in [1.165, 1.54) is 16.8 Å². The molecule has 1 amide bonds. The summed E-state index contributed by atoms with van der Waals surface area (Å²) in [5.74, 6) is -0.229. The van der Waals surface area contributed by atoms with Crippen molar-refractivity contribution in [3.63, 3.8) is 0 Å². The van der Waals surface area contributed by atoms with E-state index in [1.807, 2.05) is 13.8 Å². The van der Waals surface area contributed by atoms with Crippen LogP contribution in [0.2, 0.25) is 0 Å². The Bertz CT molecular complexity index is 485. The highest BCUT2D eigenvalue weighted by Crippen LogP contribution is 1.95. The van der Waals surface area contributed by atoms with Crippen molar-refractivity contribution >= 4 is 5.91 Å². The number of aromatic nitrogens is 2. The molecule has 0 aliphatic carbocycles. The van der Waals surface area contributed by atoms with Gasteiger partial charge in [0, 0.05) is 18.3 Å². The number of amides is 1. The molecule has 6 nitrogen and oxygen atoms in total. The number of hydrogen-bond donors (Lipinski definition) is 2. The number of rotatable bonds is 5. The van der Waals surface area contributed by atoms with Gasteiger partial charge in [0.2, 0.25) is 5.91 Å². The predicted molar refractivity (Wildman–Crippen MR) is 63.8 cm³/mol. The molecule has 0 aliphatic rings. The number of hydrogen-bond acceptors (Lipinski definition) is 3. The minimum Gasteiger partial charge on any atom is -0.352 e. The summed E-state index contributed by atoms with van der Waals surface area (Å²) in [4.78, 5) is 35.9. The van der Waals surface area contributed by atoms with Gasteiger partial charge in [0.1, 0.15) is 6.54 Å². The van der Waals surface area contributed by atoms with Crippen LogP contribution in [0.5, 0.6) is 0 Å². The van der Waals surface area contributed by atoms with E-state index in [-0.39, 0.29) is 18.5 Å². The van der Waals surface area contributed by atoms with Gasteiger partial charge in [-0.3, -0.25) is 19.1 Å². The van der Waals surface area contributed by atoms with Gasteiger partial charge < -0.3 is 5.32 Å². The molecule has 1 rings (SSSR count). The molecule has 1 aromatic rings. The molecule has 0 aromatic carbocycles. The second kappa shape index (κ2) is 6.03. The molecule has 1 heterocycles. The van der Waals surface area contributed by atoms with E-state index in [4.69, 9.17) is 0 Å². The fourth-order valence-corrected chi connectivity index (χ4v) is 1.49. The molecule has 0 unspecified atom stereocenters. The molecular formula is C11H17N3O3. The Balaban J connectivity index is 2.68. The first-order chi connectivity index (χ1) is 8.06. The molecule has 0 spiro atoms. The van der Waals surface area contributed by atoms with Crippen LogP contribution in [0.25, 0.3) is 0 Å². The Morgan fingerprint density at radius 2 is 2.06 bits per heavy atom. The molecule has 17 heavy (non-hydrogen) atoms. The monoisotopic (exact) mass is 239 g/mol. The lowest BCUT2D eigenvalue weighted by Crippen LogP contribution is -2.39. The summed E-state index contributed by atoms with van der Waals surface area (Å²) in [6.45, 7) is 3.90. The SMILES string of the molecule is CCC(CC)NC(=O)Cn1ccc(=O)[nH]c1=O. The van der Waals surface area contributed by atoms with Gasteiger partial charge in [0.15, 0.2) is 0 Å². The first kappa shape index (κ1) is 13.2. The van der Waals surface area contributed by atoms with E-state index >= 15 is 0 Å². The maximum atomic E-state index is 11.6. The molecule has 0 fully saturated rings. The third kappa shape index (κ3) is 3.90. The standard InChI is InChI=1S/C11H17N3O3/c1-3-8(4-2)12-10(16)7-14-6-5-9(15)13-11(14)17/h5-6,8H,3-4,7H2,1-2H3,(H,12,16)(H,13,15,17).